The normalized spacial score (nSPS) is 10.2. The predicted molar refractivity (Wildman–Crippen MR) is 93.0 cm³/mol. The largest absolute Gasteiger partial charge is 0.488 e. The lowest BCUT2D eigenvalue weighted by atomic mass is 10.2. The fourth-order valence-electron chi connectivity index (χ4n) is 2.00. The number of rotatable bonds is 8. The van der Waals surface area contributed by atoms with Crippen LogP contribution in [-0.2, 0) is 17.9 Å². The topological polar surface area (TPSA) is 30.5 Å². The number of hydrogen-bond acceptors (Lipinski definition) is 3. The molecule has 0 saturated heterocycles. The zero-order valence-corrected chi connectivity index (χ0v) is 14.4. The Balaban J connectivity index is 0.00000264. The molecular weight excluding hydrogens is 340 g/mol. The molecule has 2 aromatic rings. The van der Waals surface area contributed by atoms with E-state index in [-0.39, 0.29) is 24.8 Å². The molecule has 2 aromatic carbocycles. The predicted octanol–water partition coefficient (Wildman–Crippen LogP) is 4.22. The summed E-state index contributed by atoms with van der Waals surface area (Å²) in [6.07, 6.45) is 0. The fraction of sp³-hybridized carbons (Fsp3) is 0.294. The standard InChI is InChI=1S/C17H19ClFNO2.ClH/c1-21-9-8-20-11-14-10-15(18)6-7-17(14)22-12-13-4-2-3-5-16(13)19;/h2-7,10,20H,8-9,11-12H2,1H3;1H. The van der Waals surface area contributed by atoms with Crippen molar-refractivity contribution in [1.29, 1.82) is 0 Å². The lowest BCUT2D eigenvalue weighted by Crippen LogP contribution is -2.19. The fourth-order valence-corrected chi connectivity index (χ4v) is 2.19. The molecule has 0 atom stereocenters. The first-order valence-electron chi connectivity index (χ1n) is 7.05. The van der Waals surface area contributed by atoms with Crippen LogP contribution in [0.25, 0.3) is 0 Å². The van der Waals surface area contributed by atoms with Crippen LogP contribution in [0.2, 0.25) is 5.02 Å². The second-order valence-corrected chi connectivity index (χ2v) is 5.24. The van der Waals surface area contributed by atoms with Crippen molar-refractivity contribution in [1.82, 2.24) is 5.32 Å². The molecule has 0 aliphatic heterocycles. The maximum absolute atomic E-state index is 13.6. The van der Waals surface area contributed by atoms with Crippen molar-refractivity contribution in [3.8, 4) is 5.75 Å². The molecule has 6 heteroatoms. The summed E-state index contributed by atoms with van der Waals surface area (Å²) in [5, 5.41) is 3.88. The quantitative estimate of drug-likeness (QED) is 0.716. The van der Waals surface area contributed by atoms with Gasteiger partial charge in [-0.25, -0.2) is 4.39 Å². The van der Waals surface area contributed by atoms with Gasteiger partial charge in [0, 0.05) is 36.3 Å². The summed E-state index contributed by atoms with van der Waals surface area (Å²) in [7, 11) is 1.66. The van der Waals surface area contributed by atoms with E-state index in [4.69, 9.17) is 21.1 Å². The molecule has 0 aliphatic carbocycles. The van der Waals surface area contributed by atoms with E-state index in [0.29, 0.717) is 29.5 Å². The summed E-state index contributed by atoms with van der Waals surface area (Å²) in [6, 6.07) is 12.0. The first-order valence-corrected chi connectivity index (χ1v) is 7.43. The molecule has 0 saturated carbocycles. The summed E-state index contributed by atoms with van der Waals surface area (Å²) >= 11 is 6.03. The molecule has 2 rings (SSSR count). The number of benzene rings is 2. The summed E-state index contributed by atoms with van der Waals surface area (Å²) in [5.74, 6) is 0.425. The van der Waals surface area contributed by atoms with E-state index in [1.165, 1.54) is 6.07 Å². The third-order valence-electron chi connectivity index (χ3n) is 3.16. The van der Waals surface area contributed by atoms with Gasteiger partial charge in [0.2, 0.25) is 0 Å². The van der Waals surface area contributed by atoms with Gasteiger partial charge in [-0.3, -0.25) is 0 Å². The number of halogens is 3. The monoisotopic (exact) mass is 359 g/mol. The van der Waals surface area contributed by atoms with Gasteiger partial charge in [-0.1, -0.05) is 29.8 Å². The van der Waals surface area contributed by atoms with Crippen LogP contribution in [0.3, 0.4) is 0 Å². The molecule has 0 heterocycles. The Labute approximate surface area is 147 Å². The zero-order chi connectivity index (χ0) is 15.8. The van der Waals surface area contributed by atoms with Crippen molar-refractivity contribution in [2.75, 3.05) is 20.3 Å². The smallest absolute Gasteiger partial charge is 0.129 e. The number of hydrogen-bond donors (Lipinski definition) is 1. The Bertz CT molecular complexity index is 611. The van der Waals surface area contributed by atoms with Gasteiger partial charge in [0.25, 0.3) is 0 Å². The molecule has 23 heavy (non-hydrogen) atoms. The molecule has 0 radical (unpaired) electrons. The Morgan fingerprint density at radius 3 is 2.65 bits per heavy atom. The van der Waals surface area contributed by atoms with Crippen molar-refractivity contribution in [2.45, 2.75) is 13.2 Å². The molecule has 3 nitrogen and oxygen atoms in total. The molecule has 0 aromatic heterocycles. The summed E-state index contributed by atoms with van der Waals surface area (Å²) in [6.45, 7) is 2.15. The maximum Gasteiger partial charge on any atom is 0.129 e. The molecule has 126 valence electrons. The lowest BCUT2D eigenvalue weighted by molar-refractivity contribution is 0.199. The highest BCUT2D eigenvalue weighted by molar-refractivity contribution is 6.30. The van der Waals surface area contributed by atoms with Gasteiger partial charge in [-0.05, 0) is 24.3 Å². The van der Waals surface area contributed by atoms with Crippen LogP contribution in [-0.4, -0.2) is 20.3 Å². The van der Waals surface area contributed by atoms with Crippen LogP contribution in [0.15, 0.2) is 42.5 Å². The highest BCUT2D eigenvalue weighted by Crippen LogP contribution is 2.24. The summed E-state index contributed by atoms with van der Waals surface area (Å²) in [4.78, 5) is 0. The third kappa shape index (κ3) is 6.36. The van der Waals surface area contributed by atoms with E-state index in [2.05, 4.69) is 5.32 Å². The van der Waals surface area contributed by atoms with Crippen molar-refractivity contribution >= 4 is 24.0 Å². The Morgan fingerprint density at radius 2 is 1.91 bits per heavy atom. The van der Waals surface area contributed by atoms with Crippen LogP contribution >= 0.6 is 24.0 Å². The molecule has 0 unspecified atom stereocenters. The second kappa shape index (κ2) is 10.4. The molecule has 1 N–H and O–H groups in total. The molecule has 0 bridgehead atoms. The molecule has 0 spiro atoms. The van der Waals surface area contributed by atoms with Gasteiger partial charge in [-0.15, -0.1) is 12.4 Å². The van der Waals surface area contributed by atoms with E-state index in [1.54, 1.807) is 37.4 Å². The van der Waals surface area contributed by atoms with E-state index < -0.39 is 0 Å². The number of nitrogens with one attached hydrogen (secondary N) is 1. The molecule has 0 fully saturated rings. The molecule has 0 aliphatic rings. The van der Waals surface area contributed by atoms with Gasteiger partial charge in [0.05, 0.1) is 6.61 Å². The van der Waals surface area contributed by atoms with Crippen molar-refractivity contribution in [3.63, 3.8) is 0 Å². The Kier molecular flexibility index (Phi) is 8.95. The summed E-state index contributed by atoms with van der Waals surface area (Å²) < 4.78 is 24.4. The number of ether oxygens (including phenoxy) is 2. The minimum Gasteiger partial charge on any atom is -0.488 e. The Hall–Kier alpha value is -1.33. The highest BCUT2D eigenvalue weighted by atomic mass is 35.5. The van der Waals surface area contributed by atoms with Gasteiger partial charge < -0.3 is 14.8 Å². The average molecular weight is 360 g/mol. The lowest BCUT2D eigenvalue weighted by Gasteiger charge is -2.13. The maximum atomic E-state index is 13.6. The highest BCUT2D eigenvalue weighted by Gasteiger charge is 2.07. The van der Waals surface area contributed by atoms with Crippen LogP contribution in [0.5, 0.6) is 5.75 Å². The van der Waals surface area contributed by atoms with Crippen LogP contribution in [0.4, 0.5) is 4.39 Å². The minimum atomic E-state index is -0.267. The van der Waals surface area contributed by atoms with Gasteiger partial charge >= 0.3 is 0 Å². The van der Waals surface area contributed by atoms with Crippen LogP contribution in [0, 0.1) is 5.82 Å². The van der Waals surface area contributed by atoms with Gasteiger partial charge in [0.1, 0.15) is 18.2 Å². The van der Waals surface area contributed by atoms with E-state index in [9.17, 15) is 4.39 Å². The van der Waals surface area contributed by atoms with E-state index in [0.717, 1.165) is 12.1 Å². The van der Waals surface area contributed by atoms with Crippen LogP contribution < -0.4 is 10.1 Å². The first-order chi connectivity index (χ1) is 10.7. The SMILES string of the molecule is COCCNCc1cc(Cl)ccc1OCc1ccccc1F.Cl. The summed E-state index contributed by atoms with van der Waals surface area (Å²) in [5.41, 5.74) is 1.45. The average Bonchev–Trinajstić information content (AvgIpc) is 2.52. The van der Waals surface area contributed by atoms with E-state index in [1.807, 2.05) is 6.07 Å². The van der Waals surface area contributed by atoms with Gasteiger partial charge in [0.15, 0.2) is 0 Å². The molecule has 0 amide bonds. The second-order valence-electron chi connectivity index (χ2n) is 4.80. The minimum absolute atomic E-state index is 0. The Morgan fingerprint density at radius 1 is 1.13 bits per heavy atom. The van der Waals surface area contributed by atoms with Crippen molar-refractivity contribution in [2.24, 2.45) is 0 Å². The third-order valence-corrected chi connectivity index (χ3v) is 3.40. The number of methoxy groups -OCH3 is 1. The van der Waals surface area contributed by atoms with E-state index >= 15 is 0 Å². The van der Waals surface area contributed by atoms with Crippen molar-refractivity contribution < 1.29 is 13.9 Å². The van der Waals surface area contributed by atoms with Crippen LogP contribution in [0.1, 0.15) is 11.1 Å². The first kappa shape index (κ1) is 19.7. The zero-order valence-electron chi connectivity index (χ0n) is 12.9. The molecular formula is C17H20Cl2FNO2. The van der Waals surface area contributed by atoms with Gasteiger partial charge in [-0.2, -0.15) is 0 Å². The van der Waals surface area contributed by atoms with Crippen molar-refractivity contribution in [3.05, 3.63) is 64.4 Å².